The van der Waals surface area contributed by atoms with Gasteiger partial charge in [-0.15, -0.1) is 0 Å². The minimum atomic E-state index is -2.05. The standard InChI is InChI=1S/C67H72FN9O10/c1-6-66(85)49-31-54-60-47(35-77(54)63(82)48(49)37-86-64(66)83)58-51(29-28-46-40(5)50(68)32-53(73-60)57(46)58)75-65(84)87-36-41-22-26-45(27-23-41)72-61(80)52(74-62(81)59(38(2)3)76-56(79)34-70-55(78)33-69)19-13-14-30-71-67(42-15-9-7-10-16-42,43-17-11-8-12-18-43)44-24-20-39(4)21-25-44/h7-12,15-18,20-27,31-32,38,51-52,59,71,85H,6,13-14,19,28-30,33-37,69H2,1-5H3,(H,70,78)(H,72,80)(H,74,81)(H,75,84)(H,76,79)/t51-,52-,59-,66-/m0/s1. The predicted octanol–water partition coefficient (Wildman–Crippen LogP) is 7.14. The second-order valence-corrected chi connectivity index (χ2v) is 22.9. The lowest BCUT2D eigenvalue weighted by Gasteiger charge is -2.37. The van der Waals surface area contributed by atoms with Gasteiger partial charge in [0.05, 0.1) is 53.7 Å². The van der Waals surface area contributed by atoms with Gasteiger partial charge in [0, 0.05) is 28.3 Å². The summed E-state index contributed by atoms with van der Waals surface area (Å²) in [4.78, 5) is 98.9. The molecular formula is C67H72FN9O10. The number of fused-ring (bicyclic) bond motifs is 5. The number of hydrogen-bond acceptors (Lipinski definition) is 13. The molecule has 2 aliphatic heterocycles. The Hall–Kier alpha value is -9.11. The molecule has 0 unspecified atom stereocenters. The highest BCUT2D eigenvalue weighted by Crippen LogP contribution is 2.46. The molecule has 19 nitrogen and oxygen atoms in total. The normalized spacial score (nSPS) is 16.4. The number of ether oxygens (including phenoxy) is 2. The number of esters is 1. The number of carbonyl (C=O) groups excluding carboxylic acids is 6. The molecule has 452 valence electrons. The Bertz CT molecular complexity index is 3800. The fraction of sp³-hybridized carbons (Fsp3) is 0.343. The van der Waals surface area contributed by atoms with Crippen molar-refractivity contribution in [2.24, 2.45) is 11.7 Å². The molecule has 4 atom stereocenters. The van der Waals surface area contributed by atoms with E-state index in [1.165, 1.54) is 10.6 Å². The molecule has 4 heterocycles. The van der Waals surface area contributed by atoms with Crippen molar-refractivity contribution in [1.82, 2.24) is 36.1 Å². The number of carbonyl (C=O) groups is 6. The second kappa shape index (κ2) is 25.8. The summed E-state index contributed by atoms with van der Waals surface area (Å²) in [6.07, 6.45) is 1.35. The summed E-state index contributed by atoms with van der Waals surface area (Å²) in [7, 11) is 0. The third-order valence-corrected chi connectivity index (χ3v) is 17.0. The zero-order valence-electron chi connectivity index (χ0n) is 49.3. The van der Waals surface area contributed by atoms with Gasteiger partial charge < -0.3 is 51.5 Å². The molecule has 0 bridgehead atoms. The molecule has 0 saturated carbocycles. The van der Waals surface area contributed by atoms with Crippen LogP contribution in [0.25, 0.3) is 22.3 Å². The molecule has 5 aromatic carbocycles. The van der Waals surface area contributed by atoms with E-state index in [4.69, 9.17) is 20.2 Å². The van der Waals surface area contributed by atoms with E-state index in [0.717, 1.165) is 27.8 Å². The number of halogens is 1. The molecule has 10 rings (SSSR count). The van der Waals surface area contributed by atoms with Crippen molar-refractivity contribution in [1.29, 1.82) is 0 Å². The Morgan fingerprint density at radius 2 is 1.53 bits per heavy atom. The van der Waals surface area contributed by atoms with E-state index >= 15 is 4.39 Å². The highest BCUT2D eigenvalue weighted by molar-refractivity contribution is 5.99. The summed E-state index contributed by atoms with van der Waals surface area (Å²) in [6, 6.07) is 35.8. The van der Waals surface area contributed by atoms with Crippen molar-refractivity contribution in [3.05, 3.63) is 199 Å². The highest BCUT2D eigenvalue weighted by Gasteiger charge is 2.46. The molecule has 0 radical (unpaired) electrons. The van der Waals surface area contributed by atoms with Crippen LogP contribution >= 0.6 is 0 Å². The Labute approximate surface area is 503 Å². The quantitative estimate of drug-likeness (QED) is 0.0191. The van der Waals surface area contributed by atoms with Crippen molar-refractivity contribution < 1.29 is 47.7 Å². The number of benzene rings is 5. The number of rotatable bonds is 22. The van der Waals surface area contributed by atoms with Gasteiger partial charge in [0.15, 0.2) is 5.60 Å². The summed E-state index contributed by atoms with van der Waals surface area (Å²) in [6.45, 7) is 8.32. The topological polar surface area (TPSA) is 274 Å². The predicted molar refractivity (Wildman–Crippen MR) is 325 cm³/mol. The zero-order chi connectivity index (χ0) is 61.7. The Kier molecular flexibility index (Phi) is 18.1. The number of aromatic nitrogens is 2. The van der Waals surface area contributed by atoms with Gasteiger partial charge in [-0.05, 0) is 122 Å². The van der Waals surface area contributed by atoms with Crippen LogP contribution in [-0.2, 0) is 70.8 Å². The van der Waals surface area contributed by atoms with Gasteiger partial charge >= 0.3 is 12.1 Å². The molecule has 5 amide bonds. The molecular weight excluding hydrogens is 1110 g/mol. The van der Waals surface area contributed by atoms with Crippen molar-refractivity contribution >= 4 is 52.3 Å². The molecule has 0 spiro atoms. The van der Waals surface area contributed by atoms with Gasteiger partial charge in [-0.2, -0.15) is 0 Å². The van der Waals surface area contributed by atoms with Crippen LogP contribution in [0.5, 0.6) is 0 Å². The first-order valence-corrected chi connectivity index (χ1v) is 29.5. The largest absolute Gasteiger partial charge is 0.458 e. The first-order valence-electron chi connectivity index (χ1n) is 29.5. The fourth-order valence-corrected chi connectivity index (χ4v) is 12.2. The van der Waals surface area contributed by atoms with Crippen LogP contribution < -0.4 is 43.2 Å². The maximum atomic E-state index is 15.6. The second-order valence-electron chi connectivity index (χ2n) is 22.9. The Morgan fingerprint density at radius 3 is 2.18 bits per heavy atom. The van der Waals surface area contributed by atoms with Gasteiger partial charge in [0.2, 0.25) is 23.6 Å². The number of hydrogen-bond donors (Lipinski definition) is 8. The number of nitrogens with two attached hydrogens (primary N) is 1. The maximum Gasteiger partial charge on any atom is 0.407 e. The van der Waals surface area contributed by atoms with Gasteiger partial charge in [0.25, 0.3) is 5.56 Å². The Morgan fingerprint density at radius 1 is 0.851 bits per heavy atom. The fourth-order valence-electron chi connectivity index (χ4n) is 12.2. The van der Waals surface area contributed by atoms with Crippen LogP contribution in [0.1, 0.15) is 120 Å². The molecule has 2 aromatic heterocycles. The number of pyridine rings is 2. The maximum absolute atomic E-state index is 15.6. The van der Waals surface area contributed by atoms with E-state index < -0.39 is 88.8 Å². The number of alkyl carbamates (subject to hydrolysis) is 1. The van der Waals surface area contributed by atoms with Crippen molar-refractivity contribution in [3.8, 4) is 11.4 Å². The summed E-state index contributed by atoms with van der Waals surface area (Å²) in [5.41, 5.74) is 11.3. The number of nitrogens with one attached hydrogen (secondary N) is 6. The minimum absolute atomic E-state index is 0.0382. The van der Waals surface area contributed by atoms with Gasteiger partial charge in [0.1, 0.15) is 31.1 Å². The number of nitrogens with zero attached hydrogens (tertiary/aromatic N) is 2. The molecule has 3 aliphatic rings. The molecule has 87 heavy (non-hydrogen) atoms. The first kappa shape index (κ1) is 61.0. The molecule has 20 heteroatoms. The lowest BCUT2D eigenvalue weighted by molar-refractivity contribution is -0.172. The van der Waals surface area contributed by atoms with Crippen molar-refractivity contribution in [2.75, 3.05) is 25.0 Å². The molecule has 0 saturated heterocycles. The average Bonchev–Trinajstić information content (AvgIpc) is 1.65. The van der Waals surface area contributed by atoms with E-state index in [-0.39, 0.29) is 50.3 Å². The smallest absolute Gasteiger partial charge is 0.407 e. The number of amides is 5. The van der Waals surface area contributed by atoms with Gasteiger partial charge in [-0.1, -0.05) is 123 Å². The lowest BCUT2D eigenvalue weighted by Crippen LogP contribution is -2.55. The summed E-state index contributed by atoms with van der Waals surface area (Å²) in [5.74, 6) is -3.93. The molecule has 7 aromatic rings. The third-order valence-electron chi connectivity index (χ3n) is 17.0. The zero-order valence-corrected chi connectivity index (χ0v) is 49.3. The van der Waals surface area contributed by atoms with Crippen molar-refractivity contribution in [3.63, 3.8) is 0 Å². The molecule has 1 aliphatic carbocycles. The number of aryl methyl sites for hydroxylation is 2. The minimum Gasteiger partial charge on any atom is -0.458 e. The van der Waals surface area contributed by atoms with Gasteiger partial charge in [-0.25, -0.2) is 19.0 Å². The third kappa shape index (κ3) is 12.3. The SMILES string of the molecule is CC[C@@]1(O)C(=O)OCc2c1cc1n(c2=O)Cc2c-1nc1cc(F)c(C)c3c1c2[C@@H](NC(=O)OCc1ccc(NC(=O)[C@H](CCCCNC(c2ccccc2)(c2ccccc2)c2ccc(C)cc2)NC(=O)[C@@H](NC(=O)CNC(=O)CN)C(C)C)cc1)CC3. The van der Waals surface area contributed by atoms with E-state index in [2.05, 4.69) is 87.4 Å². The number of anilines is 1. The monoisotopic (exact) mass is 1180 g/mol. The van der Waals surface area contributed by atoms with Crippen LogP contribution in [0.3, 0.4) is 0 Å². The summed E-state index contributed by atoms with van der Waals surface area (Å²) < 4.78 is 28.1. The van der Waals surface area contributed by atoms with Crippen LogP contribution in [-0.4, -0.2) is 82.1 Å². The molecule has 9 N–H and O–H groups in total. The van der Waals surface area contributed by atoms with E-state index in [0.29, 0.717) is 82.5 Å². The van der Waals surface area contributed by atoms with Crippen LogP contribution in [0.15, 0.2) is 126 Å². The van der Waals surface area contributed by atoms with E-state index in [9.17, 15) is 38.7 Å². The van der Waals surface area contributed by atoms with Crippen LogP contribution in [0, 0.1) is 25.6 Å². The highest BCUT2D eigenvalue weighted by atomic mass is 19.1. The number of cyclic esters (lactones) is 1. The number of unbranched alkanes of at least 4 members (excludes halogenated alkanes) is 1. The molecule has 0 fully saturated rings. The van der Waals surface area contributed by atoms with Crippen molar-refractivity contribution in [2.45, 2.75) is 122 Å². The van der Waals surface area contributed by atoms with Gasteiger partial charge in [-0.3, -0.25) is 29.3 Å². The van der Waals surface area contributed by atoms with E-state index in [1.54, 1.807) is 58.0 Å². The lowest BCUT2D eigenvalue weighted by atomic mass is 9.76. The first-order chi connectivity index (χ1) is 41.8. The van der Waals surface area contributed by atoms with Crippen LogP contribution in [0.4, 0.5) is 14.9 Å². The van der Waals surface area contributed by atoms with Crippen LogP contribution in [0.2, 0.25) is 0 Å². The Balaban J connectivity index is 0.833. The summed E-state index contributed by atoms with van der Waals surface area (Å²) in [5, 5.41) is 30.0. The number of aliphatic hydroxyl groups is 1. The average molecular weight is 1180 g/mol. The summed E-state index contributed by atoms with van der Waals surface area (Å²) >= 11 is 0. The van der Waals surface area contributed by atoms with E-state index in [1.807, 2.05) is 36.4 Å².